The Hall–Kier alpha value is -4.19. The first-order valence-electron chi connectivity index (χ1n) is 10.1. The number of hydrogen-bond acceptors (Lipinski definition) is 4. The summed E-state index contributed by atoms with van der Waals surface area (Å²) in [5.74, 6) is 0.719. The number of aromatic nitrogens is 5. The number of nitrogens with one attached hydrogen (secondary N) is 2. The van der Waals surface area contributed by atoms with E-state index >= 15 is 0 Å². The van der Waals surface area contributed by atoms with Gasteiger partial charge in [-0.3, -0.25) is 10.1 Å². The summed E-state index contributed by atoms with van der Waals surface area (Å²) in [6.07, 6.45) is 14.7. The number of nitrogens with zero attached hydrogens (tertiary/aromatic N) is 3. The molecule has 1 aliphatic rings. The standard InChI is InChI=1S/C25H22N6/c1-3-15(12-17(26)4-2)21-13-19-22(14-27-21)30-31-24(19)25-28-20-11-7-10-18(23(20)29-25)16-8-5-6-9-16/h3-5,7-14H,2,6,26H2,1H3,(H,28,29)(H,30,31)/b15-3+,17-12+. The molecule has 3 aromatic heterocycles. The fraction of sp³-hybridized carbons (Fsp3) is 0.0800. The number of nitrogens with two attached hydrogens (primary N) is 1. The topological polar surface area (TPSA) is 96.3 Å². The molecule has 0 saturated heterocycles. The Morgan fingerprint density at radius 2 is 2.16 bits per heavy atom. The van der Waals surface area contributed by atoms with E-state index in [0.717, 1.165) is 56.7 Å². The van der Waals surface area contributed by atoms with E-state index in [-0.39, 0.29) is 0 Å². The highest BCUT2D eigenvalue weighted by atomic mass is 15.1. The Morgan fingerprint density at radius 3 is 2.94 bits per heavy atom. The van der Waals surface area contributed by atoms with Crippen LogP contribution in [0.25, 0.3) is 44.6 Å². The van der Waals surface area contributed by atoms with Crippen LogP contribution in [0, 0.1) is 0 Å². The summed E-state index contributed by atoms with van der Waals surface area (Å²) < 4.78 is 0. The number of benzene rings is 1. The Bertz CT molecular complexity index is 1440. The zero-order valence-corrected chi connectivity index (χ0v) is 17.2. The number of H-pyrrole nitrogens is 2. The van der Waals surface area contributed by atoms with Gasteiger partial charge in [-0.25, -0.2) is 4.98 Å². The van der Waals surface area contributed by atoms with Crippen LogP contribution >= 0.6 is 0 Å². The third-order valence-corrected chi connectivity index (χ3v) is 5.43. The predicted molar refractivity (Wildman–Crippen MR) is 127 cm³/mol. The van der Waals surface area contributed by atoms with E-state index in [2.05, 4.69) is 51.0 Å². The van der Waals surface area contributed by atoms with Gasteiger partial charge in [-0.15, -0.1) is 0 Å². The molecule has 3 heterocycles. The summed E-state index contributed by atoms with van der Waals surface area (Å²) in [5, 5.41) is 8.53. The minimum atomic E-state index is 0.586. The van der Waals surface area contributed by atoms with E-state index in [1.54, 1.807) is 12.3 Å². The normalized spacial score (nSPS) is 14.5. The van der Waals surface area contributed by atoms with Gasteiger partial charge in [0.05, 0.1) is 28.4 Å². The molecule has 1 aromatic carbocycles. The van der Waals surface area contributed by atoms with Crippen LogP contribution in [0.3, 0.4) is 0 Å². The van der Waals surface area contributed by atoms with Crippen molar-refractivity contribution in [2.75, 3.05) is 0 Å². The first kappa shape index (κ1) is 18.8. The molecule has 6 nitrogen and oxygen atoms in total. The van der Waals surface area contributed by atoms with Gasteiger partial charge in [0.2, 0.25) is 0 Å². The summed E-state index contributed by atoms with van der Waals surface area (Å²) in [6, 6.07) is 8.20. The first-order valence-corrected chi connectivity index (χ1v) is 10.1. The van der Waals surface area contributed by atoms with Crippen molar-refractivity contribution < 1.29 is 0 Å². The monoisotopic (exact) mass is 406 g/mol. The van der Waals surface area contributed by atoms with Crippen LogP contribution in [-0.2, 0) is 0 Å². The van der Waals surface area contributed by atoms with Crippen molar-refractivity contribution in [1.29, 1.82) is 0 Å². The van der Waals surface area contributed by atoms with Crippen LogP contribution in [0.2, 0.25) is 0 Å². The van der Waals surface area contributed by atoms with Gasteiger partial charge in [-0.2, -0.15) is 5.10 Å². The van der Waals surface area contributed by atoms with Crippen LogP contribution in [0.15, 0.2) is 79.2 Å². The molecule has 0 saturated carbocycles. The Labute approximate surface area is 179 Å². The molecule has 4 aromatic rings. The quantitative estimate of drug-likeness (QED) is 0.393. The number of aromatic amines is 2. The molecule has 0 aliphatic heterocycles. The second-order valence-electron chi connectivity index (χ2n) is 7.36. The number of imidazole rings is 1. The number of para-hydroxylation sites is 1. The molecular formula is C25H22N6. The highest BCUT2D eigenvalue weighted by Crippen LogP contribution is 2.32. The van der Waals surface area contributed by atoms with Crippen molar-refractivity contribution in [3.63, 3.8) is 0 Å². The van der Waals surface area contributed by atoms with Crippen molar-refractivity contribution in [2.45, 2.75) is 13.3 Å². The molecule has 31 heavy (non-hydrogen) atoms. The van der Waals surface area contributed by atoms with Gasteiger partial charge in [0.25, 0.3) is 0 Å². The Balaban J connectivity index is 1.64. The van der Waals surface area contributed by atoms with Crippen LogP contribution in [0.4, 0.5) is 0 Å². The zero-order chi connectivity index (χ0) is 21.4. The maximum Gasteiger partial charge on any atom is 0.159 e. The highest BCUT2D eigenvalue weighted by molar-refractivity contribution is 5.97. The molecule has 152 valence electrons. The summed E-state index contributed by atoms with van der Waals surface area (Å²) in [5.41, 5.74) is 14.1. The minimum absolute atomic E-state index is 0.586. The van der Waals surface area contributed by atoms with Crippen LogP contribution in [0.1, 0.15) is 24.6 Å². The van der Waals surface area contributed by atoms with E-state index in [4.69, 9.17) is 10.7 Å². The molecule has 0 bridgehead atoms. The molecule has 0 atom stereocenters. The molecule has 0 amide bonds. The minimum Gasteiger partial charge on any atom is -0.399 e. The lowest BCUT2D eigenvalue weighted by Crippen LogP contribution is -1.94. The van der Waals surface area contributed by atoms with E-state index in [1.807, 2.05) is 37.3 Å². The maximum atomic E-state index is 5.94. The van der Waals surface area contributed by atoms with Crippen LogP contribution < -0.4 is 5.73 Å². The molecule has 5 rings (SSSR count). The van der Waals surface area contributed by atoms with E-state index < -0.39 is 0 Å². The van der Waals surface area contributed by atoms with Crippen molar-refractivity contribution in [2.24, 2.45) is 5.73 Å². The predicted octanol–water partition coefficient (Wildman–Crippen LogP) is 5.28. The molecule has 4 N–H and O–H groups in total. The number of allylic oxidation sites excluding steroid dienone is 8. The molecule has 0 radical (unpaired) electrons. The highest BCUT2D eigenvalue weighted by Gasteiger charge is 2.16. The number of rotatable bonds is 5. The Kier molecular flexibility index (Phi) is 4.59. The molecule has 0 unspecified atom stereocenters. The summed E-state index contributed by atoms with van der Waals surface area (Å²) in [6.45, 7) is 5.67. The van der Waals surface area contributed by atoms with Gasteiger partial charge >= 0.3 is 0 Å². The molecule has 0 fully saturated rings. The number of fused-ring (bicyclic) bond motifs is 2. The maximum absolute atomic E-state index is 5.94. The van der Waals surface area contributed by atoms with Gasteiger partial charge < -0.3 is 10.7 Å². The SMILES string of the molecule is C=C/C(N)=C\C(=C/C)c1cc2c(-c3nc4c(C5=CCC=C5)cccc4[nH]3)n[nH]c2cn1. The zero-order valence-electron chi connectivity index (χ0n) is 17.2. The number of pyridine rings is 1. The fourth-order valence-electron chi connectivity index (χ4n) is 3.83. The smallest absolute Gasteiger partial charge is 0.159 e. The molecule has 0 spiro atoms. The average molecular weight is 406 g/mol. The molecular weight excluding hydrogens is 384 g/mol. The average Bonchev–Trinajstić information content (AvgIpc) is 3.55. The van der Waals surface area contributed by atoms with Gasteiger partial charge in [0, 0.05) is 16.6 Å². The fourth-order valence-corrected chi connectivity index (χ4v) is 3.83. The van der Waals surface area contributed by atoms with Gasteiger partial charge in [0.15, 0.2) is 5.82 Å². The first-order chi connectivity index (χ1) is 15.2. The van der Waals surface area contributed by atoms with Crippen LogP contribution in [-0.4, -0.2) is 25.1 Å². The summed E-state index contributed by atoms with van der Waals surface area (Å²) >= 11 is 0. The van der Waals surface area contributed by atoms with Crippen molar-refractivity contribution in [3.8, 4) is 11.5 Å². The van der Waals surface area contributed by atoms with E-state index in [0.29, 0.717) is 5.70 Å². The van der Waals surface area contributed by atoms with E-state index in [9.17, 15) is 0 Å². The van der Waals surface area contributed by atoms with Gasteiger partial charge in [-0.1, -0.05) is 43.0 Å². The molecule has 1 aliphatic carbocycles. The largest absolute Gasteiger partial charge is 0.399 e. The Morgan fingerprint density at radius 1 is 1.26 bits per heavy atom. The van der Waals surface area contributed by atoms with Crippen molar-refractivity contribution in [3.05, 3.63) is 90.5 Å². The lowest BCUT2D eigenvalue weighted by Gasteiger charge is -2.03. The van der Waals surface area contributed by atoms with Crippen molar-refractivity contribution >= 4 is 33.1 Å². The summed E-state index contributed by atoms with van der Waals surface area (Å²) in [4.78, 5) is 12.9. The van der Waals surface area contributed by atoms with Gasteiger partial charge in [0.1, 0.15) is 5.69 Å². The second kappa shape index (κ2) is 7.57. The number of hydrogen-bond donors (Lipinski definition) is 3. The molecule has 6 heteroatoms. The lowest BCUT2D eigenvalue weighted by atomic mass is 10.1. The van der Waals surface area contributed by atoms with E-state index in [1.165, 1.54) is 5.57 Å². The third kappa shape index (κ3) is 3.28. The lowest BCUT2D eigenvalue weighted by molar-refractivity contribution is 1.10. The van der Waals surface area contributed by atoms with Gasteiger partial charge in [-0.05, 0) is 48.8 Å². The second-order valence-corrected chi connectivity index (χ2v) is 7.36. The van der Waals surface area contributed by atoms with Crippen molar-refractivity contribution in [1.82, 2.24) is 25.1 Å². The third-order valence-electron chi connectivity index (χ3n) is 5.43. The van der Waals surface area contributed by atoms with Crippen LogP contribution in [0.5, 0.6) is 0 Å². The summed E-state index contributed by atoms with van der Waals surface area (Å²) in [7, 11) is 0.